The summed E-state index contributed by atoms with van der Waals surface area (Å²) in [5.74, 6) is 6.08. The maximum atomic E-state index is 13.7. The number of carbonyl (C=O) groups is 1. The highest BCUT2D eigenvalue weighted by Gasteiger charge is 2.33. The Morgan fingerprint density at radius 3 is 2.38 bits per heavy atom. The molecule has 152 valence electrons. The summed E-state index contributed by atoms with van der Waals surface area (Å²) >= 11 is 0. The molecule has 0 unspecified atom stereocenters. The van der Waals surface area contributed by atoms with E-state index < -0.39 is 0 Å². The summed E-state index contributed by atoms with van der Waals surface area (Å²) < 4.78 is 13.7. The van der Waals surface area contributed by atoms with Crippen molar-refractivity contribution in [2.24, 2.45) is 11.3 Å². The quantitative estimate of drug-likeness (QED) is 0.627. The predicted octanol–water partition coefficient (Wildman–Crippen LogP) is 5.95. The maximum Gasteiger partial charge on any atom is 0.251 e. The van der Waals surface area contributed by atoms with E-state index in [0.29, 0.717) is 17.0 Å². The first-order valence-corrected chi connectivity index (χ1v) is 10.6. The molecule has 0 aliphatic heterocycles. The van der Waals surface area contributed by atoms with Gasteiger partial charge in [-0.2, -0.15) is 0 Å². The second kappa shape index (κ2) is 9.74. The first-order valence-electron chi connectivity index (χ1n) is 10.6. The zero-order valence-electron chi connectivity index (χ0n) is 17.4. The molecule has 1 N–H and O–H groups in total. The average molecular weight is 392 g/mol. The molecule has 0 atom stereocenters. The Morgan fingerprint density at radius 1 is 1.03 bits per heavy atom. The fourth-order valence-corrected chi connectivity index (χ4v) is 4.40. The molecule has 0 radical (unpaired) electrons. The van der Waals surface area contributed by atoms with Crippen molar-refractivity contribution in [3.8, 4) is 11.8 Å². The van der Waals surface area contributed by atoms with Crippen LogP contribution < -0.4 is 5.32 Å². The lowest BCUT2D eigenvalue weighted by Gasteiger charge is -2.39. The number of halogens is 1. The minimum Gasteiger partial charge on any atom is -0.351 e. The Hall–Kier alpha value is -2.60. The van der Waals surface area contributed by atoms with Gasteiger partial charge in [0.25, 0.3) is 5.91 Å². The average Bonchev–Trinajstić information content (AvgIpc) is 2.72. The predicted molar refractivity (Wildman–Crippen MR) is 116 cm³/mol. The molecule has 1 amide bonds. The molecule has 3 heteroatoms. The van der Waals surface area contributed by atoms with E-state index in [2.05, 4.69) is 31.0 Å². The van der Waals surface area contributed by atoms with Crippen molar-refractivity contribution in [2.75, 3.05) is 6.54 Å². The first-order chi connectivity index (χ1) is 14.0. The molecule has 1 aliphatic rings. The van der Waals surface area contributed by atoms with E-state index in [1.165, 1.54) is 38.2 Å². The number of benzene rings is 2. The summed E-state index contributed by atoms with van der Waals surface area (Å²) in [6.45, 7) is 5.28. The van der Waals surface area contributed by atoms with Gasteiger partial charge >= 0.3 is 0 Å². The lowest BCUT2D eigenvalue weighted by atomic mass is 9.69. The molecule has 29 heavy (non-hydrogen) atoms. The van der Waals surface area contributed by atoms with Crippen LogP contribution in [-0.2, 0) is 0 Å². The molecule has 1 saturated carbocycles. The molecule has 1 fully saturated rings. The zero-order valence-corrected chi connectivity index (χ0v) is 17.4. The summed E-state index contributed by atoms with van der Waals surface area (Å²) in [5.41, 5.74) is 2.01. The van der Waals surface area contributed by atoms with E-state index in [4.69, 9.17) is 0 Å². The highest BCUT2D eigenvalue weighted by atomic mass is 19.1. The van der Waals surface area contributed by atoms with Gasteiger partial charge < -0.3 is 5.32 Å². The Morgan fingerprint density at radius 2 is 1.72 bits per heavy atom. The number of hydrogen-bond donors (Lipinski definition) is 1. The molecule has 0 heterocycles. The number of nitrogens with one attached hydrogen (secondary N) is 1. The topological polar surface area (TPSA) is 29.1 Å². The van der Waals surface area contributed by atoms with Crippen molar-refractivity contribution in [3.05, 3.63) is 71.0 Å². The van der Waals surface area contributed by atoms with Crippen molar-refractivity contribution in [1.29, 1.82) is 0 Å². The Labute approximate surface area is 173 Å². The van der Waals surface area contributed by atoms with Crippen molar-refractivity contribution in [1.82, 2.24) is 5.32 Å². The van der Waals surface area contributed by atoms with Gasteiger partial charge in [0.1, 0.15) is 5.82 Å². The zero-order chi connectivity index (χ0) is 20.7. The molecular formula is C26H30FNO. The number of carbonyl (C=O) groups excluding carboxylic acids is 1. The third-order valence-electron chi connectivity index (χ3n) is 5.74. The van der Waals surface area contributed by atoms with Gasteiger partial charge in [-0.1, -0.05) is 57.1 Å². The minimum atomic E-state index is -0.325. The van der Waals surface area contributed by atoms with Crippen molar-refractivity contribution in [2.45, 2.75) is 52.4 Å². The Kier molecular flexibility index (Phi) is 7.09. The van der Waals surface area contributed by atoms with Crippen LogP contribution in [0.2, 0.25) is 0 Å². The van der Waals surface area contributed by atoms with Gasteiger partial charge in [0, 0.05) is 17.7 Å². The molecule has 1 aliphatic carbocycles. The summed E-state index contributed by atoms with van der Waals surface area (Å²) in [7, 11) is 0. The van der Waals surface area contributed by atoms with E-state index in [1.807, 2.05) is 12.1 Å². The third-order valence-corrected chi connectivity index (χ3v) is 5.74. The molecule has 0 saturated heterocycles. The summed E-state index contributed by atoms with van der Waals surface area (Å²) in [6.07, 6.45) is 7.41. The van der Waals surface area contributed by atoms with Crippen molar-refractivity contribution in [3.63, 3.8) is 0 Å². The smallest absolute Gasteiger partial charge is 0.251 e. The van der Waals surface area contributed by atoms with E-state index in [-0.39, 0.29) is 17.1 Å². The summed E-state index contributed by atoms with van der Waals surface area (Å²) in [5, 5.41) is 3.18. The van der Waals surface area contributed by atoms with Crippen LogP contribution in [0.4, 0.5) is 4.39 Å². The molecule has 3 rings (SSSR count). The van der Waals surface area contributed by atoms with Crippen molar-refractivity contribution < 1.29 is 9.18 Å². The van der Waals surface area contributed by atoms with Crippen LogP contribution in [-0.4, -0.2) is 12.5 Å². The van der Waals surface area contributed by atoms with Crippen LogP contribution >= 0.6 is 0 Å². The van der Waals surface area contributed by atoms with E-state index in [0.717, 1.165) is 18.5 Å². The van der Waals surface area contributed by atoms with Gasteiger partial charge in [0.05, 0.1) is 5.56 Å². The fourth-order valence-electron chi connectivity index (χ4n) is 4.40. The fraction of sp³-hybridized carbons (Fsp3) is 0.423. The molecule has 2 aromatic rings. The lowest BCUT2D eigenvalue weighted by molar-refractivity contribution is 0.0885. The standard InChI is InChI=1S/C26H30FNO/c1-20(2)18-26(16-6-3-7-17-26)19-28-25(29)23-14-11-21(12-15-23)10-13-22-8-4-5-9-24(22)27/h4-5,8-9,11-12,14-15,20H,3,6-7,16-19H2,1-2H3,(H,28,29). The largest absolute Gasteiger partial charge is 0.351 e. The van der Waals surface area contributed by atoms with Crippen LogP contribution in [0.25, 0.3) is 0 Å². The van der Waals surface area contributed by atoms with Crippen LogP contribution in [0.1, 0.15) is 73.9 Å². The molecule has 0 aromatic heterocycles. The van der Waals surface area contributed by atoms with Crippen LogP contribution in [0.15, 0.2) is 48.5 Å². The molecular weight excluding hydrogens is 361 g/mol. The highest BCUT2D eigenvalue weighted by molar-refractivity contribution is 5.94. The van der Waals surface area contributed by atoms with Crippen LogP contribution in [0.5, 0.6) is 0 Å². The van der Waals surface area contributed by atoms with Crippen LogP contribution in [0, 0.1) is 29.0 Å². The normalized spacial score (nSPS) is 15.4. The minimum absolute atomic E-state index is 0.0349. The van der Waals surface area contributed by atoms with Crippen LogP contribution in [0.3, 0.4) is 0 Å². The molecule has 2 nitrogen and oxygen atoms in total. The lowest BCUT2D eigenvalue weighted by Crippen LogP contribution is -2.39. The highest BCUT2D eigenvalue weighted by Crippen LogP contribution is 2.40. The van der Waals surface area contributed by atoms with Gasteiger partial charge in [-0.25, -0.2) is 4.39 Å². The van der Waals surface area contributed by atoms with Gasteiger partial charge in [0.2, 0.25) is 0 Å². The SMILES string of the molecule is CC(C)CC1(CNC(=O)c2ccc(C#Cc3ccccc3F)cc2)CCCCC1. The van der Waals surface area contributed by atoms with Gasteiger partial charge in [-0.05, 0) is 67.0 Å². The van der Waals surface area contributed by atoms with E-state index in [1.54, 1.807) is 30.3 Å². The molecule has 0 spiro atoms. The van der Waals surface area contributed by atoms with Gasteiger partial charge in [-0.3, -0.25) is 4.79 Å². The number of hydrogen-bond acceptors (Lipinski definition) is 1. The second-order valence-corrected chi connectivity index (χ2v) is 8.65. The second-order valence-electron chi connectivity index (χ2n) is 8.65. The number of amides is 1. The van der Waals surface area contributed by atoms with Crippen molar-refractivity contribution >= 4 is 5.91 Å². The van der Waals surface area contributed by atoms with Gasteiger partial charge in [0.15, 0.2) is 0 Å². The monoisotopic (exact) mass is 391 g/mol. The van der Waals surface area contributed by atoms with E-state index in [9.17, 15) is 9.18 Å². The van der Waals surface area contributed by atoms with E-state index >= 15 is 0 Å². The maximum absolute atomic E-state index is 13.7. The Bertz CT molecular complexity index is 883. The number of rotatable bonds is 5. The Balaban J connectivity index is 1.62. The summed E-state index contributed by atoms with van der Waals surface area (Å²) in [4.78, 5) is 12.7. The summed E-state index contributed by atoms with van der Waals surface area (Å²) in [6, 6.07) is 13.7. The third kappa shape index (κ3) is 5.94. The molecule has 0 bridgehead atoms. The van der Waals surface area contributed by atoms with Gasteiger partial charge in [-0.15, -0.1) is 0 Å². The first kappa shape index (κ1) is 21.1. The molecule has 2 aromatic carbocycles.